The lowest BCUT2D eigenvalue weighted by Gasteiger charge is -2.07. The van der Waals surface area contributed by atoms with Crippen molar-refractivity contribution in [1.29, 1.82) is 0 Å². The molecule has 2 rings (SSSR count). The van der Waals surface area contributed by atoms with E-state index >= 15 is 0 Å². The van der Waals surface area contributed by atoms with Gasteiger partial charge in [-0.1, -0.05) is 15.9 Å². The fourth-order valence-corrected chi connectivity index (χ4v) is 1.91. The van der Waals surface area contributed by atoms with Crippen LogP contribution in [0.15, 0.2) is 22.8 Å². The lowest BCUT2D eigenvalue weighted by atomic mass is 10.1. The molecule has 1 aromatic carbocycles. The van der Waals surface area contributed by atoms with Crippen LogP contribution in [0.4, 0.5) is 13.2 Å². The minimum absolute atomic E-state index is 0.0202. The molecule has 0 amide bonds. The van der Waals surface area contributed by atoms with Crippen molar-refractivity contribution in [2.75, 3.05) is 0 Å². The van der Waals surface area contributed by atoms with Crippen molar-refractivity contribution in [2.24, 2.45) is 7.05 Å². The van der Waals surface area contributed by atoms with E-state index < -0.39 is 11.7 Å². The van der Waals surface area contributed by atoms with Crippen LogP contribution in [0.3, 0.4) is 0 Å². The average molecular weight is 279 g/mol. The molecule has 2 aromatic rings. The van der Waals surface area contributed by atoms with E-state index in [0.29, 0.717) is 9.86 Å². The van der Waals surface area contributed by atoms with Gasteiger partial charge in [-0.05, 0) is 12.1 Å². The number of rotatable bonds is 0. The summed E-state index contributed by atoms with van der Waals surface area (Å²) in [5.41, 5.74) is -0.735. The Morgan fingerprint density at radius 3 is 2.60 bits per heavy atom. The Morgan fingerprint density at radius 2 is 2.00 bits per heavy atom. The number of halogens is 4. The van der Waals surface area contributed by atoms with Gasteiger partial charge in [-0.2, -0.15) is 18.3 Å². The number of hydrogen-bond donors (Lipinski definition) is 0. The van der Waals surface area contributed by atoms with Crippen LogP contribution < -0.4 is 0 Å². The second kappa shape index (κ2) is 3.23. The zero-order chi connectivity index (χ0) is 11.2. The van der Waals surface area contributed by atoms with E-state index in [4.69, 9.17) is 0 Å². The first kappa shape index (κ1) is 10.5. The highest BCUT2D eigenvalue weighted by molar-refractivity contribution is 9.10. The molecular weight excluding hydrogens is 273 g/mol. The normalized spacial score (nSPS) is 12.3. The summed E-state index contributed by atoms with van der Waals surface area (Å²) in [7, 11) is 1.59. The molecule has 6 heteroatoms. The molecule has 0 atom stereocenters. The van der Waals surface area contributed by atoms with Crippen LogP contribution >= 0.6 is 15.9 Å². The predicted octanol–water partition coefficient (Wildman–Crippen LogP) is 3.35. The van der Waals surface area contributed by atoms with Gasteiger partial charge in [-0.25, -0.2) is 0 Å². The first-order valence-electron chi connectivity index (χ1n) is 4.08. The van der Waals surface area contributed by atoms with E-state index in [1.54, 1.807) is 19.3 Å². The van der Waals surface area contributed by atoms with Crippen molar-refractivity contribution >= 4 is 26.8 Å². The van der Waals surface area contributed by atoms with Crippen molar-refractivity contribution in [3.05, 3.63) is 28.4 Å². The fraction of sp³-hybridized carbons (Fsp3) is 0.222. The monoisotopic (exact) mass is 278 g/mol. The largest absolute Gasteiger partial charge is 0.418 e. The minimum Gasteiger partial charge on any atom is -0.275 e. The second-order valence-electron chi connectivity index (χ2n) is 3.19. The molecular formula is C9H6BrF3N2. The van der Waals surface area contributed by atoms with E-state index in [1.807, 2.05) is 0 Å². The maximum absolute atomic E-state index is 12.6. The number of aromatic nitrogens is 2. The number of alkyl halides is 3. The maximum atomic E-state index is 12.6. The Kier molecular flexibility index (Phi) is 2.26. The highest BCUT2D eigenvalue weighted by Gasteiger charge is 2.34. The smallest absolute Gasteiger partial charge is 0.275 e. The van der Waals surface area contributed by atoms with Gasteiger partial charge in [0.1, 0.15) is 5.52 Å². The summed E-state index contributed by atoms with van der Waals surface area (Å²) < 4.78 is 39.7. The topological polar surface area (TPSA) is 17.8 Å². The third-order valence-electron chi connectivity index (χ3n) is 1.99. The summed E-state index contributed by atoms with van der Waals surface area (Å²) in [5.74, 6) is 0. The van der Waals surface area contributed by atoms with Crippen LogP contribution in [0.2, 0.25) is 0 Å². The van der Waals surface area contributed by atoms with Crippen LogP contribution in [0, 0.1) is 0 Å². The van der Waals surface area contributed by atoms with Crippen LogP contribution in [0.5, 0.6) is 0 Å². The summed E-state index contributed by atoms with van der Waals surface area (Å²) in [5, 5.41) is 4.27. The van der Waals surface area contributed by atoms with E-state index in [0.717, 1.165) is 6.07 Å². The third kappa shape index (κ3) is 1.86. The molecule has 0 saturated carbocycles. The first-order chi connectivity index (χ1) is 6.88. The predicted molar refractivity (Wildman–Crippen MR) is 53.4 cm³/mol. The van der Waals surface area contributed by atoms with Crippen LogP contribution in [0.25, 0.3) is 10.9 Å². The van der Waals surface area contributed by atoms with Crippen molar-refractivity contribution in [2.45, 2.75) is 6.18 Å². The average Bonchev–Trinajstić information content (AvgIpc) is 2.41. The van der Waals surface area contributed by atoms with Crippen molar-refractivity contribution in [3.63, 3.8) is 0 Å². The van der Waals surface area contributed by atoms with Gasteiger partial charge >= 0.3 is 6.18 Å². The Hall–Kier alpha value is -1.04. The van der Waals surface area contributed by atoms with Gasteiger partial charge in [-0.15, -0.1) is 0 Å². The summed E-state index contributed by atoms with van der Waals surface area (Å²) >= 11 is 3.05. The van der Waals surface area contributed by atoms with Crippen LogP contribution in [0.1, 0.15) is 5.56 Å². The zero-order valence-corrected chi connectivity index (χ0v) is 9.22. The number of benzene rings is 1. The zero-order valence-electron chi connectivity index (χ0n) is 7.64. The summed E-state index contributed by atoms with van der Waals surface area (Å²) in [6, 6.07) is 2.65. The quantitative estimate of drug-likeness (QED) is 0.723. The van der Waals surface area contributed by atoms with E-state index in [1.165, 1.54) is 4.68 Å². The lowest BCUT2D eigenvalue weighted by Crippen LogP contribution is -2.06. The van der Waals surface area contributed by atoms with Gasteiger partial charge < -0.3 is 0 Å². The third-order valence-corrected chi connectivity index (χ3v) is 2.45. The highest BCUT2D eigenvalue weighted by atomic mass is 79.9. The molecule has 0 unspecified atom stereocenters. The lowest BCUT2D eigenvalue weighted by molar-refractivity contribution is -0.136. The molecule has 0 aliphatic rings. The molecule has 2 nitrogen and oxygen atoms in total. The summed E-state index contributed by atoms with van der Waals surface area (Å²) in [6.45, 7) is 0. The molecule has 0 aliphatic heterocycles. The minimum atomic E-state index is -4.38. The molecule has 15 heavy (non-hydrogen) atoms. The number of aryl methyl sites for hydroxylation is 1. The molecule has 80 valence electrons. The number of fused-ring (bicyclic) bond motifs is 1. The molecule has 0 spiro atoms. The van der Waals surface area contributed by atoms with E-state index in [-0.39, 0.29) is 5.52 Å². The van der Waals surface area contributed by atoms with Crippen molar-refractivity contribution in [1.82, 2.24) is 9.78 Å². The fourth-order valence-electron chi connectivity index (χ4n) is 1.43. The van der Waals surface area contributed by atoms with E-state index in [9.17, 15) is 13.2 Å². The van der Waals surface area contributed by atoms with Crippen LogP contribution in [-0.4, -0.2) is 9.78 Å². The van der Waals surface area contributed by atoms with Gasteiger partial charge in [0.15, 0.2) is 0 Å². The first-order valence-corrected chi connectivity index (χ1v) is 4.87. The number of nitrogens with zero attached hydrogens (tertiary/aromatic N) is 2. The number of hydrogen-bond acceptors (Lipinski definition) is 1. The molecule has 1 aromatic heterocycles. The standard InChI is InChI=1S/C9H6BrF3N2/c1-15-4-5-2-6(10)3-7(8(5)14-15)9(11,12)13/h2-4H,1H3. The van der Waals surface area contributed by atoms with E-state index in [2.05, 4.69) is 21.0 Å². The Balaban J connectivity index is 2.82. The van der Waals surface area contributed by atoms with Gasteiger partial charge in [-0.3, -0.25) is 4.68 Å². The Morgan fingerprint density at radius 1 is 1.33 bits per heavy atom. The molecule has 0 fully saturated rings. The SMILES string of the molecule is Cn1cc2cc(Br)cc(C(F)(F)F)c2n1. The molecule has 0 saturated heterocycles. The Labute approximate surface area is 91.8 Å². The summed E-state index contributed by atoms with van der Waals surface area (Å²) in [6.07, 6.45) is -2.83. The van der Waals surface area contributed by atoms with Gasteiger partial charge in [0.25, 0.3) is 0 Å². The molecule has 1 heterocycles. The molecule has 0 radical (unpaired) electrons. The van der Waals surface area contributed by atoms with Gasteiger partial charge in [0.2, 0.25) is 0 Å². The summed E-state index contributed by atoms with van der Waals surface area (Å²) in [4.78, 5) is 0. The van der Waals surface area contributed by atoms with Gasteiger partial charge in [0.05, 0.1) is 5.56 Å². The maximum Gasteiger partial charge on any atom is 0.418 e. The van der Waals surface area contributed by atoms with Crippen molar-refractivity contribution in [3.8, 4) is 0 Å². The molecule has 0 aliphatic carbocycles. The van der Waals surface area contributed by atoms with Crippen molar-refractivity contribution < 1.29 is 13.2 Å². The van der Waals surface area contributed by atoms with Crippen LogP contribution in [-0.2, 0) is 13.2 Å². The second-order valence-corrected chi connectivity index (χ2v) is 4.11. The van der Waals surface area contributed by atoms with Gasteiger partial charge in [0, 0.05) is 23.1 Å². The Bertz CT molecular complexity index is 516. The highest BCUT2D eigenvalue weighted by Crippen LogP contribution is 2.36. The molecule has 0 bridgehead atoms. The molecule has 0 N–H and O–H groups in total.